The van der Waals surface area contributed by atoms with Gasteiger partial charge in [0.05, 0.1) is 36.9 Å². The molecule has 3 aromatic rings. The van der Waals surface area contributed by atoms with Crippen LogP contribution in [0.15, 0.2) is 80.4 Å². The van der Waals surface area contributed by atoms with Gasteiger partial charge in [0.1, 0.15) is 11.5 Å². The van der Waals surface area contributed by atoms with Crippen LogP contribution < -0.4 is 9.64 Å². The second-order valence-electron chi connectivity index (χ2n) is 6.16. The second kappa shape index (κ2) is 12.3. The maximum absolute atomic E-state index is 13.0. The summed E-state index contributed by atoms with van der Waals surface area (Å²) >= 11 is 1.47. The Morgan fingerprint density at radius 1 is 1.29 bits per heavy atom. The molecule has 1 aromatic carbocycles. The summed E-state index contributed by atoms with van der Waals surface area (Å²) in [5, 5.41) is 0.636. The third-order valence-electron chi connectivity index (χ3n) is 4.25. The van der Waals surface area contributed by atoms with Crippen molar-refractivity contribution in [2.24, 2.45) is 0 Å². The van der Waals surface area contributed by atoms with Gasteiger partial charge >= 0.3 is 0 Å². The minimum atomic E-state index is -0.0700. The molecule has 0 saturated carbocycles. The van der Waals surface area contributed by atoms with Crippen LogP contribution in [0.25, 0.3) is 10.2 Å². The molecule has 6 nitrogen and oxygen atoms in total. The molecule has 2 aromatic heterocycles. The average Bonchev–Trinajstić information content (AvgIpc) is 3.25. The van der Waals surface area contributed by atoms with Crippen LogP contribution in [0.4, 0.5) is 5.13 Å². The molecule has 2 heterocycles. The van der Waals surface area contributed by atoms with Crippen LogP contribution in [-0.2, 0) is 16.1 Å². The summed E-state index contributed by atoms with van der Waals surface area (Å²) in [6.07, 6.45) is 7.12. The second-order valence-corrected chi connectivity index (χ2v) is 7.17. The number of carbonyl (C=O) groups excluding carboxylic acids is 1. The molecule has 1 amide bonds. The van der Waals surface area contributed by atoms with Crippen molar-refractivity contribution >= 4 is 32.6 Å². The van der Waals surface area contributed by atoms with E-state index in [2.05, 4.69) is 29.7 Å². The van der Waals surface area contributed by atoms with E-state index in [-0.39, 0.29) is 18.9 Å². The third kappa shape index (κ3) is 6.52. The Kier molecular flexibility index (Phi) is 9.45. The Morgan fingerprint density at radius 2 is 2.10 bits per heavy atom. The molecule has 0 fully saturated rings. The predicted octanol–water partition coefficient (Wildman–Crippen LogP) is 5.53. The number of aromatic nitrogens is 2. The number of nitrogens with zero attached hydrogens (tertiary/aromatic N) is 3. The highest BCUT2D eigenvalue weighted by atomic mass is 32.1. The fourth-order valence-corrected chi connectivity index (χ4v) is 3.69. The summed E-state index contributed by atoms with van der Waals surface area (Å²) < 4.78 is 11.9. The summed E-state index contributed by atoms with van der Waals surface area (Å²) in [6, 6.07) is 9.50. The standard InChI is InChI=1S/C22H23N3O3S.C2H4/c1-4-17(5-2)28-12-10-21(26)25(15-16-7-6-11-23-14-16)22-24-19-13-18(27-3)8-9-20(19)29-22;1-2/h4-9,11,13-14H,1,10,12,15H2,2-3H3;1-2H2/b17-5+;. The molecule has 0 atom stereocenters. The Labute approximate surface area is 187 Å². The molecule has 0 radical (unpaired) electrons. The number of pyridine rings is 1. The van der Waals surface area contributed by atoms with Crippen LogP contribution in [0, 0.1) is 0 Å². The van der Waals surface area contributed by atoms with Gasteiger partial charge in [-0.05, 0) is 42.8 Å². The summed E-state index contributed by atoms with van der Waals surface area (Å²) in [5.41, 5.74) is 1.73. The molecule has 0 N–H and O–H groups in total. The largest absolute Gasteiger partial charge is 0.497 e. The number of rotatable bonds is 9. The first-order valence-electron chi connectivity index (χ1n) is 9.70. The zero-order chi connectivity index (χ0) is 22.6. The molecule has 0 aliphatic rings. The van der Waals surface area contributed by atoms with Gasteiger partial charge in [-0.2, -0.15) is 0 Å². The Bertz CT molecular complexity index is 1030. The van der Waals surface area contributed by atoms with Crippen LogP contribution >= 0.6 is 11.3 Å². The lowest BCUT2D eigenvalue weighted by molar-refractivity contribution is -0.119. The van der Waals surface area contributed by atoms with Crippen LogP contribution in [0.2, 0.25) is 0 Å². The molecular formula is C24H27N3O3S. The summed E-state index contributed by atoms with van der Waals surface area (Å²) in [5.74, 6) is 1.32. The van der Waals surface area contributed by atoms with Gasteiger partial charge in [-0.15, -0.1) is 13.2 Å². The maximum atomic E-state index is 13.0. The highest BCUT2D eigenvalue weighted by molar-refractivity contribution is 7.22. The van der Waals surface area contributed by atoms with E-state index in [0.717, 1.165) is 21.5 Å². The number of amides is 1. The van der Waals surface area contributed by atoms with Crippen molar-refractivity contribution in [1.29, 1.82) is 0 Å². The fraction of sp³-hybridized carbons (Fsp3) is 0.208. The van der Waals surface area contributed by atoms with Gasteiger partial charge in [-0.25, -0.2) is 4.98 Å². The van der Waals surface area contributed by atoms with Gasteiger partial charge in [-0.1, -0.05) is 24.0 Å². The highest BCUT2D eigenvalue weighted by Gasteiger charge is 2.20. The Balaban J connectivity index is 0.00000166. The first-order chi connectivity index (χ1) is 15.1. The molecule has 162 valence electrons. The van der Waals surface area contributed by atoms with E-state index in [1.165, 1.54) is 11.3 Å². The van der Waals surface area contributed by atoms with Crippen molar-refractivity contribution in [2.45, 2.75) is 19.9 Å². The molecule has 0 unspecified atom stereocenters. The monoisotopic (exact) mass is 437 g/mol. The topological polar surface area (TPSA) is 64.5 Å². The minimum absolute atomic E-state index is 0.0700. The zero-order valence-corrected chi connectivity index (χ0v) is 18.7. The Hall–Kier alpha value is -3.45. The van der Waals surface area contributed by atoms with Gasteiger partial charge in [0.15, 0.2) is 5.13 Å². The van der Waals surface area contributed by atoms with Crippen molar-refractivity contribution in [2.75, 3.05) is 18.6 Å². The van der Waals surface area contributed by atoms with Crippen LogP contribution in [-0.4, -0.2) is 29.6 Å². The summed E-state index contributed by atoms with van der Waals surface area (Å²) in [4.78, 5) is 23.5. The number of ether oxygens (including phenoxy) is 2. The summed E-state index contributed by atoms with van der Waals surface area (Å²) in [6.45, 7) is 12.2. The fourth-order valence-electron chi connectivity index (χ4n) is 2.73. The lowest BCUT2D eigenvalue weighted by Gasteiger charge is -2.20. The molecule has 31 heavy (non-hydrogen) atoms. The van der Waals surface area contributed by atoms with Crippen molar-refractivity contribution < 1.29 is 14.3 Å². The third-order valence-corrected chi connectivity index (χ3v) is 5.31. The van der Waals surface area contributed by atoms with Gasteiger partial charge in [0, 0.05) is 18.5 Å². The average molecular weight is 438 g/mol. The Morgan fingerprint density at radius 3 is 2.74 bits per heavy atom. The number of carbonyl (C=O) groups is 1. The molecular weight excluding hydrogens is 410 g/mol. The molecule has 0 saturated heterocycles. The van der Waals surface area contributed by atoms with E-state index in [1.54, 1.807) is 30.5 Å². The SMILES string of the molecule is C=C.C=C/C(=C\C)OCCC(=O)N(Cc1cccnc1)c1nc2cc(OC)ccc2s1. The minimum Gasteiger partial charge on any atom is -0.497 e. The highest BCUT2D eigenvalue weighted by Crippen LogP contribution is 2.32. The zero-order valence-electron chi connectivity index (χ0n) is 17.9. The van der Waals surface area contributed by atoms with Crippen molar-refractivity contribution in [3.63, 3.8) is 0 Å². The molecule has 0 bridgehead atoms. The van der Waals surface area contributed by atoms with Crippen LogP contribution in [0.3, 0.4) is 0 Å². The van der Waals surface area contributed by atoms with E-state index in [9.17, 15) is 4.79 Å². The molecule has 3 rings (SSSR count). The van der Waals surface area contributed by atoms with Gasteiger partial charge in [-0.3, -0.25) is 14.7 Å². The van der Waals surface area contributed by atoms with E-state index in [1.807, 2.05) is 43.3 Å². The van der Waals surface area contributed by atoms with E-state index >= 15 is 0 Å². The molecule has 0 aliphatic carbocycles. The number of hydrogen-bond donors (Lipinski definition) is 0. The van der Waals surface area contributed by atoms with Crippen molar-refractivity contribution in [3.8, 4) is 5.75 Å². The smallest absolute Gasteiger partial charge is 0.232 e. The van der Waals surface area contributed by atoms with E-state index in [4.69, 9.17) is 9.47 Å². The molecule has 0 aliphatic heterocycles. The number of thiazole rings is 1. The van der Waals surface area contributed by atoms with Crippen molar-refractivity contribution in [1.82, 2.24) is 9.97 Å². The van der Waals surface area contributed by atoms with Gasteiger partial charge < -0.3 is 9.47 Å². The lowest BCUT2D eigenvalue weighted by Crippen LogP contribution is -2.31. The van der Waals surface area contributed by atoms with Crippen LogP contribution in [0.1, 0.15) is 18.9 Å². The summed E-state index contributed by atoms with van der Waals surface area (Å²) in [7, 11) is 1.62. The molecule has 7 heteroatoms. The van der Waals surface area contributed by atoms with E-state index < -0.39 is 0 Å². The number of hydrogen-bond acceptors (Lipinski definition) is 6. The number of methoxy groups -OCH3 is 1. The quantitative estimate of drug-likeness (QED) is 0.250. The van der Waals surface area contributed by atoms with E-state index in [0.29, 0.717) is 17.4 Å². The van der Waals surface area contributed by atoms with Crippen molar-refractivity contribution in [3.05, 3.63) is 85.9 Å². The number of fused-ring (bicyclic) bond motifs is 1. The number of benzene rings is 1. The maximum Gasteiger partial charge on any atom is 0.232 e. The van der Waals surface area contributed by atoms with Gasteiger partial charge in [0.25, 0.3) is 0 Å². The van der Waals surface area contributed by atoms with Gasteiger partial charge in [0.2, 0.25) is 5.91 Å². The molecule has 0 spiro atoms. The number of allylic oxidation sites excluding steroid dienone is 2. The predicted molar refractivity (Wildman–Crippen MR) is 127 cm³/mol. The first-order valence-corrected chi connectivity index (χ1v) is 10.5. The number of anilines is 1. The lowest BCUT2D eigenvalue weighted by atomic mass is 10.2. The van der Waals surface area contributed by atoms with Crippen LogP contribution in [0.5, 0.6) is 5.75 Å². The normalized spacial score (nSPS) is 10.7. The first kappa shape index (κ1) is 23.8.